The molecule has 4 nitrogen and oxygen atoms in total. The Labute approximate surface area is 99.9 Å². The summed E-state index contributed by atoms with van der Waals surface area (Å²) in [7, 11) is 0. The summed E-state index contributed by atoms with van der Waals surface area (Å²) in [5.74, 6) is -0.249. The third-order valence-corrected chi connectivity index (χ3v) is 2.89. The van der Waals surface area contributed by atoms with E-state index in [9.17, 15) is 9.90 Å². The minimum atomic E-state index is -1.20. The molecule has 1 fully saturated rings. The molecular weight excluding hydrogens is 216 g/mol. The highest BCUT2D eigenvalue weighted by Crippen LogP contribution is 2.32. The van der Waals surface area contributed by atoms with Gasteiger partial charge in [-0.25, -0.2) is 0 Å². The molecule has 1 saturated carbocycles. The van der Waals surface area contributed by atoms with Crippen LogP contribution in [0.1, 0.15) is 24.5 Å². The van der Waals surface area contributed by atoms with Gasteiger partial charge in [-0.05, 0) is 24.3 Å². The van der Waals surface area contributed by atoms with E-state index in [0.29, 0.717) is 5.56 Å². The van der Waals surface area contributed by atoms with Gasteiger partial charge in [0.25, 0.3) is 5.91 Å². The van der Waals surface area contributed by atoms with Gasteiger partial charge in [-0.15, -0.1) is 0 Å². The fourth-order valence-corrected chi connectivity index (χ4v) is 1.70. The Morgan fingerprint density at radius 2 is 2.06 bits per heavy atom. The molecule has 0 aliphatic heterocycles. The number of nitrogens with one attached hydrogen (secondary N) is 1. The maximum Gasteiger partial charge on any atom is 0.254 e. The summed E-state index contributed by atoms with van der Waals surface area (Å²) in [6.07, 6.45) is 0.741. The van der Waals surface area contributed by atoms with E-state index in [2.05, 4.69) is 11.4 Å². The molecule has 2 atom stereocenters. The summed E-state index contributed by atoms with van der Waals surface area (Å²) >= 11 is 0. The van der Waals surface area contributed by atoms with Gasteiger partial charge in [0.15, 0.2) is 6.10 Å². The van der Waals surface area contributed by atoms with Crippen LogP contribution in [0.2, 0.25) is 0 Å². The van der Waals surface area contributed by atoms with Gasteiger partial charge < -0.3 is 10.4 Å². The third-order valence-electron chi connectivity index (χ3n) is 2.89. The Morgan fingerprint density at radius 1 is 1.41 bits per heavy atom. The van der Waals surface area contributed by atoms with Crippen LogP contribution in [0.15, 0.2) is 30.3 Å². The Balaban J connectivity index is 1.98. The van der Waals surface area contributed by atoms with E-state index in [-0.39, 0.29) is 5.92 Å². The molecule has 2 N–H and O–H groups in total. The number of benzene rings is 1. The molecule has 2 rings (SSSR count). The minimum absolute atomic E-state index is 0.256. The number of hydrogen-bond donors (Lipinski definition) is 2. The number of nitriles is 1. The average molecular weight is 230 g/mol. The van der Waals surface area contributed by atoms with Gasteiger partial charge in [0, 0.05) is 0 Å². The van der Waals surface area contributed by atoms with E-state index in [4.69, 9.17) is 5.26 Å². The molecule has 1 aromatic rings. The largest absolute Gasteiger partial charge is 0.378 e. The van der Waals surface area contributed by atoms with Gasteiger partial charge in [-0.2, -0.15) is 5.26 Å². The first-order valence-electron chi connectivity index (χ1n) is 5.65. The molecule has 1 aromatic carbocycles. The Morgan fingerprint density at radius 3 is 2.59 bits per heavy atom. The van der Waals surface area contributed by atoms with Crippen molar-refractivity contribution in [1.29, 1.82) is 5.26 Å². The van der Waals surface area contributed by atoms with E-state index >= 15 is 0 Å². The van der Waals surface area contributed by atoms with E-state index in [1.54, 1.807) is 24.3 Å². The van der Waals surface area contributed by atoms with Crippen LogP contribution in [-0.4, -0.2) is 17.1 Å². The lowest BCUT2D eigenvalue weighted by Crippen LogP contribution is -2.38. The van der Waals surface area contributed by atoms with Crippen LogP contribution in [-0.2, 0) is 4.79 Å². The lowest BCUT2D eigenvalue weighted by atomic mass is 10.1. The maximum absolute atomic E-state index is 11.7. The zero-order valence-corrected chi connectivity index (χ0v) is 9.34. The van der Waals surface area contributed by atoms with E-state index < -0.39 is 18.1 Å². The summed E-state index contributed by atoms with van der Waals surface area (Å²) in [5.41, 5.74) is 0.539. The summed E-state index contributed by atoms with van der Waals surface area (Å²) in [6, 6.07) is 10.3. The second-order valence-electron chi connectivity index (χ2n) is 4.27. The van der Waals surface area contributed by atoms with E-state index in [0.717, 1.165) is 12.8 Å². The van der Waals surface area contributed by atoms with Crippen LogP contribution in [0.3, 0.4) is 0 Å². The molecule has 0 saturated heterocycles. The zero-order chi connectivity index (χ0) is 12.3. The second kappa shape index (κ2) is 4.98. The van der Waals surface area contributed by atoms with Crippen LogP contribution >= 0.6 is 0 Å². The highest BCUT2D eigenvalue weighted by Gasteiger charge is 2.33. The molecule has 88 valence electrons. The van der Waals surface area contributed by atoms with Gasteiger partial charge in [-0.3, -0.25) is 4.79 Å². The highest BCUT2D eigenvalue weighted by atomic mass is 16.3. The molecule has 0 heterocycles. The lowest BCUT2D eigenvalue weighted by molar-refractivity contribution is -0.130. The molecule has 1 amide bonds. The molecular formula is C13H14N2O2. The highest BCUT2D eigenvalue weighted by molar-refractivity contribution is 5.82. The summed E-state index contributed by atoms with van der Waals surface area (Å²) < 4.78 is 0. The first kappa shape index (κ1) is 11.6. The number of nitrogens with zero attached hydrogens (tertiary/aromatic N) is 1. The van der Waals surface area contributed by atoms with Gasteiger partial charge in [0.2, 0.25) is 0 Å². The van der Waals surface area contributed by atoms with E-state index in [1.807, 2.05) is 6.07 Å². The van der Waals surface area contributed by atoms with Crippen molar-refractivity contribution in [2.75, 3.05) is 0 Å². The van der Waals surface area contributed by atoms with Crippen molar-refractivity contribution in [1.82, 2.24) is 5.32 Å². The number of amides is 1. The van der Waals surface area contributed by atoms with Crippen molar-refractivity contribution in [3.05, 3.63) is 35.9 Å². The molecule has 0 bridgehead atoms. The predicted octanol–water partition coefficient (Wildman–Crippen LogP) is 1.14. The van der Waals surface area contributed by atoms with Gasteiger partial charge in [-0.1, -0.05) is 30.3 Å². The summed E-state index contributed by atoms with van der Waals surface area (Å²) in [5, 5.41) is 21.3. The monoisotopic (exact) mass is 230 g/mol. The number of rotatable bonds is 4. The van der Waals surface area contributed by atoms with Crippen molar-refractivity contribution < 1.29 is 9.90 Å². The third kappa shape index (κ3) is 2.83. The number of aliphatic hydroxyl groups is 1. The standard InChI is InChI=1S/C13H14N2O2/c14-8-11(9-6-7-9)15-13(17)12(16)10-4-2-1-3-5-10/h1-5,9,11-12,16H,6-7H2,(H,15,17). The molecule has 2 unspecified atom stereocenters. The number of carbonyl (C=O) groups excluding carboxylic acids is 1. The lowest BCUT2D eigenvalue weighted by Gasteiger charge is -2.14. The molecule has 1 aliphatic carbocycles. The topological polar surface area (TPSA) is 73.1 Å². The normalized spacial score (nSPS) is 17.9. The van der Waals surface area contributed by atoms with Gasteiger partial charge >= 0.3 is 0 Å². The molecule has 17 heavy (non-hydrogen) atoms. The fourth-order valence-electron chi connectivity index (χ4n) is 1.70. The quantitative estimate of drug-likeness (QED) is 0.814. The van der Waals surface area contributed by atoms with Crippen molar-refractivity contribution in [3.8, 4) is 6.07 Å². The van der Waals surface area contributed by atoms with Gasteiger partial charge in [0.1, 0.15) is 6.04 Å². The number of hydrogen-bond acceptors (Lipinski definition) is 3. The number of carbonyl (C=O) groups is 1. The first-order valence-corrected chi connectivity index (χ1v) is 5.65. The Bertz CT molecular complexity index is 434. The minimum Gasteiger partial charge on any atom is -0.378 e. The molecule has 0 spiro atoms. The number of aliphatic hydroxyl groups excluding tert-OH is 1. The van der Waals surface area contributed by atoms with Crippen LogP contribution in [0.4, 0.5) is 0 Å². The average Bonchev–Trinajstić information content (AvgIpc) is 3.20. The molecule has 4 heteroatoms. The second-order valence-corrected chi connectivity index (χ2v) is 4.27. The van der Waals surface area contributed by atoms with Crippen LogP contribution in [0.25, 0.3) is 0 Å². The van der Waals surface area contributed by atoms with Crippen LogP contribution in [0.5, 0.6) is 0 Å². The van der Waals surface area contributed by atoms with E-state index in [1.165, 1.54) is 0 Å². The summed E-state index contributed by atoms with van der Waals surface area (Å²) in [6.45, 7) is 0. The SMILES string of the molecule is N#CC(NC(=O)C(O)c1ccccc1)C1CC1. The van der Waals surface area contributed by atoms with Crippen LogP contribution in [0, 0.1) is 17.2 Å². The van der Waals surface area contributed by atoms with Crippen molar-refractivity contribution >= 4 is 5.91 Å². The Hall–Kier alpha value is -1.86. The van der Waals surface area contributed by atoms with Crippen LogP contribution < -0.4 is 5.32 Å². The summed E-state index contributed by atoms with van der Waals surface area (Å²) in [4.78, 5) is 11.7. The smallest absolute Gasteiger partial charge is 0.254 e. The Kier molecular flexibility index (Phi) is 3.40. The van der Waals surface area contributed by atoms with Crippen molar-refractivity contribution in [2.24, 2.45) is 5.92 Å². The van der Waals surface area contributed by atoms with Gasteiger partial charge in [0.05, 0.1) is 6.07 Å². The maximum atomic E-state index is 11.7. The molecule has 0 radical (unpaired) electrons. The van der Waals surface area contributed by atoms with Crippen molar-refractivity contribution in [2.45, 2.75) is 25.0 Å². The predicted molar refractivity (Wildman–Crippen MR) is 61.7 cm³/mol. The first-order chi connectivity index (χ1) is 8.22. The molecule has 1 aliphatic rings. The van der Waals surface area contributed by atoms with Crippen molar-refractivity contribution in [3.63, 3.8) is 0 Å². The fraction of sp³-hybridized carbons (Fsp3) is 0.385. The zero-order valence-electron chi connectivity index (χ0n) is 9.34. The molecule has 0 aromatic heterocycles.